The molecule has 0 radical (unpaired) electrons. The third kappa shape index (κ3) is 2.92. The van der Waals surface area contributed by atoms with E-state index in [0.717, 1.165) is 29.8 Å². The number of methoxy groups -OCH3 is 1. The number of carbonyl (C=O) groups excluding carboxylic acids is 1. The lowest BCUT2D eigenvalue weighted by Gasteiger charge is -2.23. The molecule has 2 aromatic rings. The van der Waals surface area contributed by atoms with E-state index in [2.05, 4.69) is 29.6 Å². The summed E-state index contributed by atoms with van der Waals surface area (Å²) in [7, 11) is 1.70. The average Bonchev–Trinajstić information content (AvgIpc) is 2.56. The normalized spacial score (nSPS) is 18.1. The van der Waals surface area contributed by atoms with Crippen molar-refractivity contribution in [2.45, 2.75) is 18.8 Å². The molecule has 1 saturated heterocycles. The molecule has 0 spiro atoms. The van der Waals surface area contributed by atoms with Gasteiger partial charge < -0.3 is 10.1 Å². The van der Waals surface area contributed by atoms with Crippen LogP contribution in [0.15, 0.2) is 48.5 Å². The Kier molecular flexibility index (Phi) is 3.91. The zero-order valence-corrected chi connectivity index (χ0v) is 12.1. The lowest BCUT2D eigenvalue weighted by atomic mass is 9.89. The molecule has 0 aromatic heterocycles. The average molecular weight is 281 g/mol. The van der Waals surface area contributed by atoms with Gasteiger partial charge in [0.1, 0.15) is 5.75 Å². The molecule has 21 heavy (non-hydrogen) atoms. The van der Waals surface area contributed by atoms with E-state index < -0.39 is 0 Å². The number of carbonyl (C=O) groups is 1. The number of rotatable bonds is 3. The number of hydrogen-bond donors (Lipinski definition) is 1. The fourth-order valence-corrected chi connectivity index (χ4v) is 2.84. The SMILES string of the molecule is COc1ccc(C2CCC(=O)NC2)cc1-c1ccccc1. The number of nitrogens with one attached hydrogen (secondary N) is 1. The van der Waals surface area contributed by atoms with E-state index >= 15 is 0 Å². The van der Waals surface area contributed by atoms with Crippen molar-refractivity contribution in [2.75, 3.05) is 13.7 Å². The molecule has 1 fully saturated rings. The molecule has 0 bridgehead atoms. The molecule has 1 aliphatic rings. The molecular formula is C18H19NO2. The molecular weight excluding hydrogens is 262 g/mol. The second-order valence-corrected chi connectivity index (χ2v) is 5.37. The van der Waals surface area contributed by atoms with Crippen molar-refractivity contribution in [3.05, 3.63) is 54.1 Å². The second kappa shape index (κ2) is 6.00. The van der Waals surface area contributed by atoms with E-state index in [1.807, 2.05) is 24.3 Å². The van der Waals surface area contributed by atoms with Gasteiger partial charge in [-0.2, -0.15) is 0 Å². The van der Waals surface area contributed by atoms with Crippen molar-refractivity contribution in [2.24, 2.45) is 0 Å². The Morgan fingerprint density at radius 2 is 1.95 bits per heavy atom. The third-order valence-corrected chi connectivity index (χ3v) is 4.05. The maximum Gasteiger partial charge on any atom is 0.220 e. The number of amides is 1. The summed E-state index contributed by atoms with van der Waals surface area (Å²) < 4.78 is 5.49. The Morgan fingerprint density at radius 3 is 2.62 bits per heavy atom. The maximum absolute atomic E-state index is 11.3. The lowest BCUT2D eigenvalue weighted by molar-refractivity contribution is -0.122. The molecule has 1 amide bonds. The first-order valence-corrected chi connectivity index (χ1v) is 7.28. The lowest BCUT2D eigenvalue weighted by Crippen LogP contribution is -2.33. The highest BCUT2D eigenvalue weighted by Gasteiger charge is 2.20. The van der Waals surface area contributed by atoms with Crippen LogP contribution < -0.4 is 10.1 Å². The summed E-state index contributed by atoms with van der Waals surface area (Å²) in [5.41, 5.74) is 3.51. The zero-order valence-electron chi connectivity index (χ0n) is 12.1. The predicted molar refractivity (Wildman–Crippen MR) is 83.4 cm³/mol. The van der Waals surface area contributed by atoms with E-state index in [-0.39, 0.29) is 5.91 Å². The first-order chi connectivity index (χ1) is 10.3. The highest BCUT2D eigenvalue weighted by Crippen LogP contribution is 2.34. The van der Waals surface area contributed by atoms with Crippen molar-refractivity contribution in [3.8, 4) is 16.9 Å². The van der Waals surface area contributed by atoms with Gasteiger partial charge in [-0.15, -0.1) is 0 Å². The van der Waals surface area contributed by atoms with Crippen LogP contribution in [0.2, 0.25) is 0 Å². The first kappa shape index (κ1) is 13.7. The van der Waals surface area contributed by atoms with Gasteiger partial charge in [0, 0.05) is 24.4 Å². The summed E-state index contributed by atoms with van der Waals surface area (Å²) in [5, 5.41) is 2.95. The largest absolute Gasteiger partial charge is 0.496 e. The maximum atomic E-state index is 11.3. The van der Waals surface area contributed by atoms with Crippen LogP contribution in [-0.2, 0) is 4.79 Å². The Hall–Kier alpha value is -2.29. The van der Waals surface area contributed by atoms with Crippen molar-refractivity contribution in [1.29, 1.82) is 0 Å². The van der Waals surface area contributed by atoms with Gasteiger partial charge in [0.05, 0.1) is 7.11 Å². The van der Waals surface area contributed by atoms with Gasteiger partial charge in [-0.25, -0.2) is 0 Å². The first-order valence-electron chi connectivity index (χ1n) is 7.28. The summed E-state index contributed by atoms with van der Waals surface area (Å²) >= 11 is 0. The van der Waals surface area contributed by atoms with E-state index in [9.17, 15) is 4.79 Å². The highest BCUT2D eigenvalue weighted by molar-refractivity contribution is 5.77. The van der Waals surface area contributed by atoms with Crippen molar-refractivity contribution >= 4 is 5.91 Å². The molecule has 1 atom stereocenters. The minimum Gasteiger partial charge on any atom is -0.496 e. The van der Waals surface area contributed by atoms with Gasteiger partial charge >= 0.3 is 0 Å². The standard InChI is InChI=1S/C18H19NO2/c1-21-17-9-7-14(15-8-10-18(20)19-12-15)11-16(17)13-5-3-2-4-6-13/h2-7,9,11,15H,8,10,12H2,1H3,(H,19,20). The topological polar surface area (TPSA) is 38.3 Å². The fraction of sp³-hybridized carbons (Fsp3) is 0.278. The number of benzene rings is 2. The summed E-state index contributed by atoms with van der Waals surface area (Å²) in [4.78, 5) is 11.3. The van der Waals surface area contributed by atoms with E-state index in [4.69, 9.17) is 4.74 Å². The van der Waals surface area contributed by atoms with Crippen LogP contribution in [-0.4, -0.2) is 19.6 Å². The number of hydrogen-bond acceptors (Lipinski definition) is 2. The van der Waals surface area contributed by atoms with Crippen LogP contribution in [0.25, 0.3) is 11.1 Å². The summed E-state index contributed by atoms with van der Waals surface area (Å²) in [6, 6.07) is 16.6. The minimum absolute atomic E-state index is 0.156. The number of ether oxygens (including phenoxy) is 1. The van der Waals surface area contributed by atoms with Gasteiger partial charge in [-0.3, -0.25) is 4.79 Å². The van der Waals surface area contributed by atoms with Gasteiger partial charge in [-0.05, 0) is 29.7 Å². The van der Waals surface area contributed by atoms with Gasteiger partial charge in [0.2, 0.25) is 5.91 Å². The van der Waals surface area contributed by atoms with E-state index in [1.54, 1.807) is 7.11 Å². The Bertz CT molecular complexity index is 627. The smallest absolute Gasteiger partial charge is 0.220 e. The second-order valence-electron chi connectivity index (χ2n) is 5.37. The Morgan fingerprint density at radius 1 is 1.14 bits per heavy atom. The molecule has 1 heterocycles. The van der Waals surface area contributed by atoms with E-state index in [0.29, 0.717) is 12.3 Å². The van der Waals surface area contributed by atoms with Crippen LogP contribution in [0.3, 0.4) is 0 Å². The van der Waals surface area contributed by atoms with Gasteiger partial charge in [0.25, 0.3) is 0 Å². The molecule has 1 aliphatic heterocycles. The van der Waals surface area contributed by atoms with E-state index in [1.165, 1.54) is 5.56 Å². The van der Waals surface area contributed by atoms with Crippen LogP contribution in [0.4, 0.5) is 0 Å². The highest BCUT2D eigenvalue weighted by atomic mass is 16.5. The fourth-order valence-electron chi connectivity index (χ4n) is 2.84. The molecule has 3 heteroatoms. The Balaban J connectivity index is 1.95. The molecule has 108 valence electrons. The zero-order chi connectivity index (χ0) is 14.7. The third-order valence-electron chi connectivity index (χ3n) is 4.05. The van der Waals surface area contributed by atoms with Crippen LogP contribution in [0, 0.1) is 0 Å². The predicted octanol–water partition coefficient (Wildman–Crippen LogP) is 3.36. The monoisotopic (exact) mass is 281 g/mol. The molecule has 1 unspecified atom stereocenters. The molecule has 0 saturated carbocycles. The van der Waals surface area contributed by atoms with Gasteiger partial charge in [-0.1, -0.05) is 36.4 Å². The molecule has 2 aromatic carbocycles. The van der Waals surface area contributed by atoms with Crippen molar-refractivity contribution in [1.82, 2.24) is 5.32 Å². The Labute approximate surface area is 124 Å². The minimum atomic E-state index is 0.156. The molecule has 3 rings (SSSR count). The summed E-state index contributed by atoms with van der Waals surface area (Å²) in [6.07, 6.45) is 1.52. The van der Waals surface area contributed by atoms with Crippen LogP contribution in [0.1, 0.15) is 24.3 Å². The van der Waals surface area contributed by atoms with Crippen molar-refractivity contribution in [3.63, 3.8) is 0 Å². The summed E-state index contributed by atoms with van der Waals surface area (Å²) in [5.74, 6) is 1.42. The van der Waals surface area contributed by atoms with Crippen LogP contribution >= 0.6 is 0 Å². The van der Waals surface area contributed by atoms with Crippen molar-refractivity contribution < 1.29 is 9.53 Å². The molecule has 3 nitrogen and oxygen atoms in total. The van der Waals surface area contributed by atoms with Gasteiger partial charge in [0.15, 0.2) is 0 Å². The molecule has 1 N–H and O–H groups in total. The quantitative estimate of drug-likeness (QED) is 0.937. The number of piperidine rings is 1. The van der Waals surface area contributed by atoms with Crippen LogP contribution in [0.5, 0.6) is 5.75 Å². The molecule has 0 aliphatic carbocycles. The summed E-state index contributed by atoms with van der Waals surface area (Å²) in [6.45, 7) is 0.722.